The Morgan fingerprint density at radius 3 is 2.50 bits per heavy atom. The maximum absolute atomic E-state index is 13.1. The molecular formula is C17H21FO2. The summed E-state index contributed by atoms with van der Waals surface area (Å²) < 4.78 is 18.0. The fourth-order valence-corrected chi connectivity index (χ4v) is 2.93. The minimum Gasteiger partial charge on any atom is -0.463 e. The lowest BCUT2D eigenvalue weighted by molar-refractivity contribution is -0.137. The predicted octanol–water partition coefficient (Wildman–Crippen LogP) is 4.15. The molecule has 0 aliphatic heterocycles. The van der Waals surface area contributed by atoms with E-state index in [4.69, 9.17) is 4.74 Å². The molecule has 1 fully saturated rings. The van der Waals surface area contributed by atoms with Crippen LogP contribution in [-0.2, 0) is 14.9 Å². The maximum atomic E-state index is 13.1. The van der Waals surface area contributed by atoms with Crippen LogP contribution in [0.1, 0.15) is 44.6 Å². The molecule has 1 aliphatic rings. The average Bonchev–Trinajstić information content (AvgIpc) is 2.47. The van der Waals surface area contributed by atoms with Gasteiger partial charge in [-0.15, -0.1) is 0 Å². The molecule has 2 rings (SSSR count). The van der Waals surface area contributed by atoms with Gasteiger partial charge in [0.05, 0.1) is 6.61 Å². The van der Waals surface area contributed by atoms with E-state index >= 15 is 0 Å². The summed E-state index contributed by atoms with van der Waals surface area (Å²) in [7, 11) is 0. The molecule has 0 aromatic heterocycles. The number of carbonyl (C=O) groups excluding carboxylic acids is 1. The second-order valence-corrected chi connectivity index (χ2v) is 5.31. The maximum Gasteiger partial charge on any atom is 0.330 e. The summed E-state index contributed by atoms with van der Waals surface area (Å²) in [4.78, 5) is 11.5. The highest BCUT2D eigenvalue weighted by molar-refractivity contribution is 5.82. The minimum absolute atomic E-state index is 0.154. The molecular weight excluding hydrogens is 255 g/mol. The molecule has 0 amide bonds. The fraction of sp³-hybridized carbons (Fsp3) is 0.471. The van der Waals surface area contributed by atoms with Gasteiger partial charge >= 0.3 is 5.97 Å². The first-order valence-corrected chi connectivity index (χ1v) is 7.28. The summed E-state index contributed by atoms with van der Waals surface area (Å²) >= 11 is 0. The Morgan fingerprint density at radius 2 is 1.90 bits per heavy atom. The minimum atomic E-state index is -0.306. The van der Waals surface area contributed by atoms with Crippen molar-refractivity contribution >= 4 is 5.97 Å². The molecule has 0 saturated heterocycles. The standard InChI is InChI=1S/C17H21FO2/c1-2-20-16(19)10-13-17(11-4-3-5-12-17)14-6-8-15(18)9-7-14/h6-10,13H,2-5,11-12H2,1H3. The lowest BCUT2D eigenvalue weighted by atomic mass is 9.69. The highest BCUT2D eigenvalue weighted by atomic mass is 19.1. The Labute approximate surface area is 119 Å². The number of allylic oxidation sites excluding steroid dienone is 1. The highest BCUT2D eigenvalue weighted by Crippen LogP contribution is 2.40. The molecule has 1 aromatic rings. The van der Waals surface area contributed by atoms with E-state index in [1.54, 1.807) is 6.92 Å². The van der Waals surface area contributed by atoms with Crippen molar-refractivity contribution in [2.75, 3.05) is 6.61 Å². The molecule has 2 nitrogen and oxygen atoms in total. The lowest BCUT2D eigenvalue weighted by Gasteiger charge is -2.35. The molecule has 0 unspecified atom stereocenters. The topological polar surface area (TPSA) is 26.3 Å². The molecule has 1 saturated carbocycles. The van der Waals surface area contributed by atoms with Crippen LogP contribution in [0.4, 0.5) is 4.39 Å². The molecule has 0 radical (unpaired) electrons. The van der Waals surface area contributed by atoms with Crippen LogP contribution in [0.15, 0.2) is 36.4 Å². The quantitative estimate of drug-likeness (QED) is 0.610. The van der Waals surface area contributed by atoms with Crippen molar-refractivity contribution in [2.45, 2.75) is 44.4 Å². The van der Waals surface area contributed by atoms with Crippen LogP contribution in [0.25, 0.3) is 0 Å². The van der Waals surface area contributed by atoms with Gasteiger partial charge in [-0.05, 0) is 37.5 Å². The fourth-order valence-electron chi connectivity index (χ4n) is 2.93. The summed E-state index contributed by atoms with van der Waals surface area (Å²) in [6, 6.07) is 6.64. The predicted molar refractivity (Wildman–Crippen MR) is 76.9 cm³/mol. The molecule has 108 valence electrons. The Hall–Kier alpha value is -1.64. The normalized spacial score (nSPS) is 18.1. The van der Waals surface area contributed by atoms with Crippen LogP contribution in [0.3, 0.4) is 0 Å². The van der Waals surface area contributed by atoms with Crippen LogP contribution < -0.4 is 0 Å². The first kappa shape index (κ1) is 14.8. The van der Waals surface area contributed by atoms with Gasteiger partial charge in [-0.25, -0.2) is 9.18 Å². The summed E-state index contributed by atoms with van der Waals surface area (Å²) in [6.07, 6.45) is 8.95. The van der Waals surface area contributed by atoms with Crippen molar-refractivity contribution in [3.63, 3.8) is 0 Å². The van der Waals surface area contributed by atoms with Crippen LogP contribution in [-0.4, -0.2) is 12.6 Å². The monoisotopic (exact) mass is 276 g/mol. The van der Waals surface area contributed by atoms with Gasteiger partial charge in [0.1, 0.15) is 5.82 Å². The van der Waals surface area contributed by atoms with Crippen LogP contribution >= 0.6 is 0 Å². The number of hydrogen-bond acceptors (Lipinski definition) is 2. The zero-order valence-electron chi connectivity index (χ0n) is 11.9. The number of rotatable bonds is 4. The van der Waals surface area contributed by atoms with Gasteiger partial charge in [0.25, 0.3) is 0 Å². The number of carbonyl (C=O) groups is 1. The number of halogens is 1. The third kappa shape index (κ3) is 3.47. The zero-order valence-corrected chi connectivity index (χ0v) is 11.9. The van der Waals surface area contributed by atoms with Crippen molar-refractivity contribution in [1.82, 2.24) is 0 Å². The van der Waals surface area contributed by atoms with Gasteiger partial charge in [-0.1, -0.05) is 37.5 Å². The van der Waals surface area contributed by atoms with Crippen LogP contribution in [0.2, 0.25) is 0 Å². The third-order valence-corrected chi connectivity index (χ3v) is 3.99. The van der Waals surface area contributed by atoms with E-state index < -0.39 is 0 Å². The molecule has 20 heavy (non-hydrogen) atoms. The highest BCUT2D eigenvalue weighted by Gasteiger charge is 2.31. The largest absolute Gasteiger partial charge is 0.463 e. The Bertz CT molecular complexity index is 470. The Kier molecular flexibility index (Phi) is 4.94. The number of hydrogen-bond donors (Lipinski definition) is 0. The first-order chi connectivity index (χ1) is 9.66. The lowest BCUT2D eigenvalue weighted by Crippen LogP contribution is -2.27. The van der Waals surface area contributed by atoms with E-state index in [-0.39, 0.29) is 17.2 Å². The van der Waals surface area contributed by atoms with Gasteiger partial charge in [-0.2, -0.15) is 0 Å². The van der Waals surface area contributed by atoms with Crippen molar-refractivity contribution in [3.05, 3.63) is 47.8 Å². The van der Waals surface area contributed by atoms with Crippen LogP contribution in [0, 0.1) is 5.82 Å². The molecule has 0 bridgehead atoms. The van der Waals surface area contributed by atoms with Gasteiger partial charge in [0.2, 0.25) is 0 Å². The van der Waals surface area contributed by atoms with Gasteiger partial charge in [0.15, 0.2) is 0 Å². The summed E-state index contributed by atoms with van der Waals surface area (Å²) in [5.74, 6) is -0.534. The van der Waals surface area contributed by atoms with E-state index in [1.165, 1.54) is 24.6 Å². The zero-order chi connectivity index (χ0) is 14.4. The molecule has 3 heteroatoms. The van der Waals surface area contributed by atoms with Crippen LogP contribution in [0.5, 0.6) is 0 Å². The SMILES string of the molecule is CCOC(=O)C=CC1(c2ccc(F)cc2)CCCCC1. The van der Waals surface area contributed by atoms with Crippen molar-refractivity contribution in [2.24, 2.45) is 0 Å². The molecule has 0 atom stereocenters. The van der Waals surface area contributed by atoms with E-state index in [2.05, 4.69) is 0 Å². The smallest absolute Gasteiger partial charge is 0.330 e. The van der Waals surface area contributed by atoms with E-state index in [0.717, 1.165) is 31.2 Å². The molecule has 0 N–H and O–H groups in total. The van der Waals surface area contributed by atoms with Gasteiger partial charge < -0.3 is 4.74 Å². The summed E-state index contributed by atoms with van der Waals surface area (Å²) in [5.41, 5.74) is 0.928. The molecule has 0 spiro atoms. The molecule has 1 aromatic carbocycles. The van der Waals surface area contributed by atoms with E-state index in [9.17, 15) is 9.18 Å². The van der Waals surface area contributed by atoms with E-state index in [0.29, 0.717) is 6.61 Å². The van der Waals surface area contributed by atoms with Crippen molar-refractivity contribution in [1.29, 1.82) is 0 Å². The summed E-state index contributed by atoms with van der Waals surface area (Å²) in [5, 5.41) is 0. The first-order valence-electron chi connectivity index (χ1n) is 7.28. The Balaban J connectivity index is 2.25. The van der Waals surface area contributed by atoms with Crippen molar-refractivity contribution < 1.29 is 13.9 Å². The van der Waals surface area contributed by atoms with E-state index in [1.807, 2.05) is 18.2 Å². The second kappa shape index (κ2) is 6.69. The Morgan fingerprint density at radius 1 is 1.25 bits per heavy atom. The number of benzene rings is 1. The molecule has 0 heterocycles. The number of ether oxygens (including phenoxy) is 1. The average molecular weight is 276 g/mol. The third-order valence-electron chi connectivity index (χ3n) is 3.99. The molecule has 1 aliphatic carbocycles. The number of esters is 1. The van der Waals surface area contributed by atoms with Gasteiger partial charge in [0, 0.05) is 11.5 Å². The summed E-state index contributed by atoms with van der Waals surface area (Å²) in [6.45, 7) is 2.18. The van der Waals surface area contributed by atoms with Gasteiger partial charge in [-0.3, -0.25) is 0 Å². The second-order valence-electron chi connectivity index (χ2n) is 5.31. The van der Waals surface area contributed by atoms with Crippen molar-refractivity contribution in [3.8, 4) is 0 Å².